The third kappa shape index (κ3) is 5.22. The maximum atomic E-state index is 12.4. The number of rotatable bonds is 6. The Hall–Kier alpha value is -2.14. The van der Waals surface area contributed by atoms with Gasteiger partial charge in [0.25, 0.3) is 0 Å². The summed E-state index contributed by atoms with van der Waals surface area (Å²) in [5.74, 6) is -0.227. The van der Waals surface area contributed by atoms with Gasteiger partial charge in [-0.2, -0.15) is 0 Å². The number of amides is 1. The number of hydrogen-bond donors (Lipinski definition) is 3. The number of nitrogens with zero attached hydrogens (tertiary/aromatic N) is 1. The number of nitrogens with one attached hydrogen (secondary N) is 2. The van der Waals surface area contributed by atoms with Crippen LogP contribution in [0.25, 0.3) is 11.3 Å². The summed E-state index contributed by atoms with van der Waals surface area (Å²) in [6, 6.07) is 13.5. The van der Waals surface area contributed by atoms with Gasteiger partial charge in [-0.1, -0.05) is 39.8 Å². The molecule has 0 fully saturated rings. The first kappa shape index (κ1) is 20.6. The molecule has 1 heterocycles. The first-order valence-corrected chi connectivity index (χ1v) is 11.4. The summed E-state index contributed by atoms with van der Waals surface area (Å²) < 4.78 is 23.5. The van der Waals surface area contributed by atoms with E-state index < -0.39 is 15.3 Å². The Morgan fingerprint density at radius 1 is 1.18 bits per heavy atom. The summed E-state index contributed by atoms with van der Waals surface area (Å²) in [6.07, 6.45) is 1.72. The minimum atomic E-state index is -3.76. The number of halogens is 1. The lowest BCUT2D eigenvalue weighted by atomic mass is 10.2. The van der Waals surface area contributed by atoms with E-state index in [1.807, 2.05) is 24.3 Å². The predicted molar refractivity (Wildman–Crippen MR) is 113 cm³/mol. The zero-order chi connectivity index (χ0) is 20.3. The number of H-pyrrole nitrogens is 1. The van der Waals surface area contributed by atoms with E-state index in [1.54, 1.807) is 13.1 Å². The van der Waals surface area contributed by atoms with Crippen molar-refractivity contribution >= 4 is 49.3 Å². The summed E-state index contributed by atoms with van der Waals surface area (Å²) in [4.78, 5) is 19.9. The highest BCUT2D eigenvalue weighted by atomic mass is 79.9. The van der Waals surface area contributed by atoms with Crippen molar-refractivity contribution in [3.63, 3.8) is 0 Å². The summed E-state index contributed by atoms with van der Waals surface area (Å²) in [7, 11) is -3.76. The number of aromatic nitrogens is 2. The van der Waals surface area contributed by atoms with E-state index in [0.717, 1.165) is 15.7 Å². The topological polar surface area (TPSA) is 118 Å². The molecule has 10 heteroatoms. The number of aromatic amines is 1. The van der Waals surface area contributed by atoms with Gasteiger partial charge in [0.05, 0.1) is 22.0 Å². The van der Waals surface area contributed by atoms with Crippen molar-refractivity contribution in [3.8, 4) is 11.3 Å². The fourth-order valence-corrected chi connectivity index (χ4v) is 3.89. The normalized spacial score (nSPS) is 12.5. The molecule has 3 aromatic rings. The molecule has 1 aromatic heterocycles. The van der Waals surface area contributed by atoms with Gasteiger partial charge in [0.2, 0.25) is 15.9 Å². The highest BCUT2D eigenvalue weighted by Crippen LogP contribution is 2.26. The Kier molecular flexibility index (Phi) is 6.23. The monoisotopic (exact) mass is 480 g/mol. The largest absolute Gasteiger partial charge is 0.333 e. The number of hydrogen-bond acceptors (Lipinski definition) is 5. The first-order valence-electron chi connectivity index (χ1n) is 8.14. The van der Waals surface area contributed by atoms with Crippen LogP contribution in [0.3, 0.4) is 0 Å². The van der Waals surface area contributed by atoms with E-state index in [1.165, 1.54) is 36.0 Å². The molecule has 0 aliphatic carbocycles. The molecule has 0 bridgehead atoms. The summed E-state index contributed by atoms with van der Waals surface area (Å²) in [5.41, 5.74) is 2.34. The van der Waals surface area contributed by atoms with Crippen LogP contribution in [-0.2, 0) is 14.8 Å². The minimum absolute atomic E-state index is 0.0102. The number of carbonyl (C=O) groups is 1. The quantitative estimate of drug-likeness (QED) is 0.465. The molecule has 28 heavy (non-hydrogen) atoms. The van der Waals surface area contributed by atoms with E-state index >= 15 is 0 Å². The molecule has 2 aromatic carbocycles. The molecule has 0 spiro atoms. The highest BCUT2D eigenvalue weighted by molar-refractivity contribution is 9.10. The standard InChI is InChI=1S/C18H17BrN4O3S2/c1-11(17(24)22-14-6-8-15(9-7-14)28(20,25)26)27-18-21-10-16(23-18)12-2-4-13(19)5-3-12/h2-11H,1H3,(H,21,23)(H,22,24)(H2,20,25,26)/t11-/m0/s1. The summed E-state index contributed by atoms with van der Waals surface area (Å²) >= 11 is 4.70. The van der Waals surface area contributed by atoms with Crippen LogP contribution < -0.4 is 10.5 Å². The first-order chi connectivity index (χ1) is 13.2. The molecule has 146 valence electrons. The number of carbonyl (C=O) groups excluding carboxylic acids is 1. The second-order valence-electron chi connectivity index (χ2n) is 5.93. The van der Waals surface area contributed by atoms with E-state index in [0.29, 0.717) is 10.8 Å². The van der Waals surface area contributed by atoms with Crippen LogP contribution in [0.1, 0.15) is 6.92 Å². The SMILES string of the molecule is C[C@H](Sc1ncc(-c2ccc(Br)cc2)[nH]1)C(=O)Nc1ccc(S(N)(=O)=O)cc1. The van der Waals surface area contributed by atoms with Crippen LogP contribution in [0.5, 0.6) is 0 Å². The van der Waals surface area contributed by atoms with Crippen molar-refractivity contribution in [3.05, 3.63) is 59.2 Å². The maximum absolute atomic E-state index is 12.4. The van der Waals surface area contributed by atoms with Crippen LogP contribution in [-0.4, -0.2) is 29.5 Å². The van der Waals surface area contributed by atoms with Gasteiger partial charge in [-0.3, -0.25) is 4.79 Å². The molecule has 0 aliphatic heterocycles. The van der Waals surface area contributed by atoms with Gasteiger partial charge >= 0.3 is 0 Å². The maximum Gasteiger partial charge on any atom is 0.238 e. The van der Waals surface area contributed by atoms with Gasteiger partial charge in [-0.15, -0.1) is 0 Å². The Morgan fingerprint density at radius 2 is 1.82 bits per heavy atom. The fourth-order valence-electron chi connectivity index (χ4n) is 2.33. The van der Waals surface area contributed by atoms with Crippen molar-refractivity contribution in [2.24, 2.45) is 5.14 Å². The van der Waals surface area contributed by atoms with Crippen molar-refractivity contribution in [1.29, 1.82) is 0 Å². The molecule has 1 atom stereocenters. The molecule has 4 N–H and O–H groups in total. The number of thioether (sulfide) groups is 1. The van der Waals surface area contributed by atoms with Crippen molar-refractivity contribution in [2.75, 3.05) is 5.32 Å². The number of imidazole rings is 1. The smallest absolute Gasteiger partial charge is 0.238 e. The second kappa shape index (κ2) is 8.48. The fraction of sp³-hybridized carbons (Fsp3) is 0.111. The number of anilines is 1. The van der Waals surface area contributed by atoms with E-state index in [9.17, 15) is 13.2 Å². The highest BCUT2D eigenvalue weighted by Gasteiger charge is 2.17. The summed E-state index contributed by atoms with van der Waals surface area (Å²) in [5, 5.41) is 8.02. The molecule has 0 unspecified atom stereocenters. The molecule has 0 radical (unpaired) electrons. The molecule has 7 nitrogen and oxygen atoms in total. The number of nitrogens with two attached hydrogens (primary N) is 1. The zero-order valence-electron chi connectivity index (χ0n) is 14.7. The van der Waals surface area contributed by atoms with Crippen molar-refractivity contribution in [2.45, 2.75) is 22.2 Å². The van der Waals surface area contributed by atoms with Gasteiger partial charge in [0, 0.05) is 10.2 Å². The lowest BCUT2D eigenvalue weighted by Gasteiger charge is -2.11. The minimum Gasteiger partial charge on any atom is -0.333 e. The average molecular weight is 481 g/mol. The van der Waals surface area contributed by atoms with Crippen LogP contribution >= 0.6 is 27.7 Å². The number of sulfonamides is 1. The van der Waals surface area contributed by atoms with Crippen LogP contribution in [0, 0.1) is 0 Å². The summed E-state index contributed by atoms with van der Waals surface area (Å²) in [6.45, 7) is 1.76. The molecular formula is C18H17BrN4O3S2. The van der Waals surface area contributed by atoms with Gasteiger partial charge < -0.3 is 10.3 Å². The Bertz CT molecular complexity index is 1080. The van der Waals surface area contributed by atoms with Gasteiger partial charge in [0.1, 0.15) is 0 Å². The van der Waals surface area contributed by atoms with Gasteiger partial charge in [-0.05, 0) is 48.9 Å². The van der Waals surface area contributed by atoms with E-state index in [2.05, 4.69) is 31.2 Å². The van der Waals surface area contributed by atoms with Crippen LogP contribution in [0.2, 0.25) is 0 Å². The van der Waals surface area contributed by atoms with Gasteiger partial charge in [0.15, 0.2) is 5.16 Å². The molecule has 0 saturated carbocycles. The zero-order valence-corrected chi connectivity index (χ0v) is 17.9. The lowest BCUT2D eigenvalue weighted by molar-refractivity contribution is -0.115. The van der Waals surface area contributed by atoms with E-state index in [4.69, 9.17) is 5.14 Å². The molecular weight excluding hydrogens is 464 g/mol. The molecule has 3 rings (SSSR count). The van der Waals surface area contributed by atoms with Crippen molar-refractivity contribution in [1.82, 2.24) is 9.97 Å². The molecule has 1 amide bonds. The third-order valence-corrected chi connectivity index (χ3v) is 6.27. The average Bonchev–Trinajstić information content (AvgIpc) is 3.10. The Morgan fingerprint density at radius 3 is 2.43 bits per heavy atom. The molecule has 0 aliphatic rings. The predicted octanol–water partition coefficient (Wildman–Crippen LogP) is 3.61. The Balaban J connectivity index is 1.62. The van der Waals surface area contributed by atoms with Gasteiger partial charge in [-0.25, -0.2) is 18.5 Å². The lowest BCUT2D eigenvalue weighted by Crippen LogP contribution is -2.22. The second-order valence-corrected chi connectivity index (χ2v) is 9.73. The number of benzene rings is 2. The Labute approximate surface area is 175 Å². The molecule has 0 saturated heterocycles. The van der Waals surface area contributed by atoms with E-state index in [-0.39, 0.29) is 10.8 Å². The third-order valence-electron chi connectivity index (χ3n) is 3.82. The van der Waals surface area contributed by atoms with Crippen LogP contribution in [0.4, 0.5) is 5.69 Å². The van der Waals surface area contributed by atoms with Crippen LogP contribution in [0.15, 0.2) is 69.3 Å². The van der Waals surface area contributed by atoms with Crippen molar-refractivity contribution < 1.29 is 13.2 Å². The number of primary sulfonamides is 1.